The zero-order valence-electron chi connectivity index (χ0n) is 12.8. The Kier molecular flexibility index (Phi) is 3.73. The molecule has 0 radical (unpaired) electrons. The molecule has 24 heavy (non-hydrogen) atoms. The Morgan fingerprint density at radius 2 is 2.08 bits per heavy atom. The lowest BCUT2D eigenvalue weighted by Gasteiger charge is -2.18. The lowest BCUT2D eigenvalue weighted by Crippen LogP contribution is -2.29. The molecular weight excluding hydrogens is 329 g/mol. The fourth-order valence-corrected chi connectivity index (χ4v) is 3.45. The number of aromatic nitrogens is 2. The number of amides is 1. The van der Waals surface area contributed by atoms with Crippen molar-refractivity contribution in [3.8, 4) is 0 Å². The van der Waals surface area contributed by atoms with Crippen LogP contribution in [0.3, 0.4) is 0 Å². The summed E-state index contributed by atoms with van der Waals surface area (Å²) in [6, 6.07) is 12.0. The molecule has 1 aliphatic heterocycles. The first-order chi connectivity index (χ1) is 11.6. The van der Waals surface area contributed by atoms with Crippen LogP contribution in [0.15, 0.2) is 48.8 Å². The lowest BCUT2D eigenvalue weighted by atomic mass is 10.2. The Morgan fingerprint density at radius 1 is 1.25 bits per heavy atom. The number of likely N-dealkylation sites (tertiary alicyclic amines) is 1. The first-order valence-electron chi connectivity index (χ1n) is 7.79. The Labute approximate surface area is 143 Å². The molecule has 1 aliphatic rings. The molecule has 1 fully saturated rings. The van der Waals surface area contributed by atoms with Crippen molar-refractivity contribution in [1.29, 1.82) is 0 Å². The molecule has 0 saturated carbocycles. The summed E-state index contributed by atoms with van der Waals surface area (Å²) in [5, 5.41) is 0.276. The molecule has 2 heterocycles. The Morgan fingerprint density at radius 3 is 2.96 bits per heavy atom. The first-order valence-corrected chi connectivity index (χ1v) is 8.17. The largest absolute Gasteiger partial charge is 0.336 e. The van der Waals surface area contributed by atoms with Gasteiger partial charge in [0.2, 0.25) is 0 Å². The minimum Gasteiger partial charge on any atom is -0.336 e. The standard InChI is InChI=1S/C18H15ClFN3O/c19-15-6-5-12(20)9-14(15)18(24)22-8-7-13(10-22)23-11-21-16-3-1-2-4-17(16)23/h1-6,9,11,13H,7-8,10H2/t13-/m0/s1. The number of halogens is 2. The van der Waals surface area contributed by atoms with Gasteiger partial charge in [-0.25, -0.2) is 9.37 Å². The molecule has 0 bridgehead atoms. The summed E-state index contributed by atoms with van der Waals surface area (Å²) in [6.45, 7) is 1.18. The minimum atomic E-state index is -0.459. The number of hydrogen-bond donors (Lipinski definition) is 0. The third-order valence-corrected chi connectivity index (χ3v) is 4.81. The number of fused-ring (bicyclic) bond motifs is 1. The van der Waals surface area contributed by atoms with E-state index in [0.29, 0.717) is 13.1 Å². The molecule has 0 N–H and O–H groups in total. The quantitative estimate of drug-likeness (QED) is 0.707. The molecule has 1 aromatic heterocycles. The Bertz CT molecular complexity index is 924. The summed E-state index contributed by atoms with van der Waals surface area (Å²) in [7, 11) is 0. The number of carbonyl (C=O) groups excluding carboxylic acids is 1. The maximum atomic E-state index is 13.4. The molecule has 2 aromatic carbocycles. The smallest absolute Gasteiger partial charge is 0.255 e. The highest BCUT2D eigenvalue weighted by Crippen LogP contribution is 2.28. The summed E-state index contributed by atoms with van der Waals surface area (Å²) >= 11 is 6.05. The average molecular weight is 344 g/mol. The highest BCUT2D eigenvalue weighted by Gasteiger charge is 2.29. The molecule has 122 valence electrons. The summed E-state index contributed by atoms with van der Waals surface area (Å²) in [5.74, 6) is -0.689. The van der Waals surface area contributed by atoms with Gasteiger partial charge in [-0.15, -0.1) is 0 Å². The van der Waals surface area contributed by atoms with E-state index in [9.17, 15) is 9.18 Å². The molecule has 1 atom stereocenters. The van der Waals surface area contributed by atoms with E-state index in [1.165, 1.54) is 18.2 Å². The highest BCUT2D eigenvalue weighted by atomic mass is 35.5. The van der Waals surface area contributed by atoms with Gasteiger partial charge >= 0.3 is 0 Å². The van der Waals surface area contributed by atoms with Crippen molar-refractivity contribution in [2.45, 2.75) is 12.5 Å². The Hall–Kier alpha value is -2.40. The molecule has 0 unspecified atom stereocenters. The fourth-order valence-electron chi connectivity index (χ4n) is 3.25. The van der Waals surface area contributed by atoms with E-state index in [-0.39, 0.29) is 22.5 Å². The molecule has 0 aliphatic carbocycles. The van der Waals surface area contributed by atoms with Gasteiger partial charge in [0, 0.05) is 13.1 Å². The highest BCUT2D eigenvalue weighted by molar-refractivity contribution is 6.33. The predicted octanol–water partition coefficient (Wildman–Crippen LogP) is 3.92. The van der Waals surface area contributed by atoms with Crippen LogP contribution in [-0.4, -0.2) is 33.4 Å². The van der Waals surface area contributed by atoms with Crippen molar-refractivity contribution in [1.82, 2.24) is 14.5 Å². The van der Waals surface area contributed by atoms with E-state index < -0.39 is 5.82 Å². The third kappa shape index (κ3) is 2.55. The molecule has 0 spiro atoms. The molecule has 1 saturated heterocycles. The second kappa shape index (κ2) is 5.91. The van der Waals surface area contributed by atoms with Crippen LogP contribution in [0.4, 0.5) is 4.39 Å². The minimum absolute atomic E-state index is 0.161. The summed E-state index contributed by atoms with van der Waals surface area (Å²) < 4.78 is 15.5. The van der Waals surface area contributed by atoms with E-state index in [1.807, 2.05) is 30.6 Å². The van der Waals surface area contributed by atoms with Crippen LogP contribution < -0.4 is 0 Å². The van der Waals surface area contributed by atoms with Crippen molar-refractivity contribution >= 4 is 28.5 Å². The van der Waals surface area contributed by atoms with Crippen molar-refractivity contribution < 1.29 is 9.18 Å². The molecule has 4 nitrogen and oxygen atoms in total. The van der Waals surface area contributed by atoms with Gasteiger partial charge in [0.05, 0.1) is 34.0 Å². The van der Waals surface area contributed by atoms with Gasteiger partial charge in [0.1, 0.15) is 5.82 Å². The van der Waals surface area contributed by atoms with Gasteiger partial charge in [-0.1, -0.05) is 23.7 Å². The molecule has 6 heteroatoms. The summed E-state index contributed by atoms with van der Waals surface area (Å²) in [4.78, 5) is 18.8. The molecular formula is C18H15ClFN3O. The van der Waals surface area contributed by atoms with Crippen molar-refractivity contribution in [2.24, 2.45) is 0 Å². The first kappa shape index (κ1) is 15.1. The third-order valence-electron chi connectivity index (χ3n) is 4.48. The van der Waals surface area contributed by atoms with Crippen molar-refractivity contribution in [2.75, 3.05) is 13.1 Å². The number of rotatable bonds is 2. The number of benzene rings is 2. The van der Waals surface area contributed by atoms with Gasteiger partial charge < -0.3 is 9.47 Å². The van der Waals surface area contributed by atoms with E-state index in [4.69, 9.17) is 11.6 Å². The number of carbonyl (C=O) groups is 1. The van der Waals surface area contributed by atoms with Gasteiger partial charge in [-0.2, -0.15) is 0 Å². The van der Waals surface area contributed by atoms with E-state index in [2.05, 4.69) is 9.55 Å². The average Bonchev–Trinajstić information content (AvgIpc) is 3.22. The van der Waals surface area contributed by atoms with Gasteiger partial charge in [-0.05, 0) is 36.8 Å². The summed E-state index contributed by atoms with van der Waals surface area (Å²) in [5.41, 5.74) is 2.21. The van der Waals surface area contributed by atoms with Crippen LogP contribution in [0.25, 0.3) is 11.0 Å². The maximum absolute atomic E-state index is 13.4. The monoisotopic (exact) mass is 343 g/mol. The number of nitrogens with zero attached hydrogens (tertiary/aromatic N) is 3. The second-order valence-electron chi connectivity index (χ2n) is 5.96. The van der Waals surface area contributed by atoms with Gasteiger partial charge in [0.15, 0.2) is 0 Å². The zero-order chi connectivity index (χ0) is 16.7. The second-order valence-corrected chi connectivity index (χ2v) is 6.37. The molecule has 3 aromatic rings. The number of hydrogen-bond acceptors (Lipinski definition) is 2. The van der Waals surface area contributed by atoms with Crippen LogP contribution in [0.5, 0.6) is 0 Å². The fraction of sp³-hybridized carbons (Fsp3) is 0.222. The van der Waals surface area contributed by atoms with Crippen LogP contribution >= 0.6 is 11.6 Å². The lowest BCUT2D eigenvalue weighted by molar-refractivity contribution is 0.0787. The summed E-state index contributed by atoms with van der Waals surface area (Å²) in [6.07, 6.45) is 2.65. The predicted molar refractivity (Wildman–Crippen MR) is 90.7 cm³/mol. The van der Waals surface area contributed by atoms with Crippen LogP contribution in [0.2, 0.25) is 5.02 Å². The van der Waals surface area contributed by atoms with E-state index in [0.717, 1.165) is 17.5 Å². The van der Waals surface area contributed by atoms with Crippen molar-refractivity contribution in [3.63, 3.8) is 0 Å². The normalized spacial score (nSPS) is 17.6. The Balaban J connectivity index is 1.58. The number of para-hydroxylation sites is 2. The van der Waals surface area contributed by atoms with E-state index in [1.54, 1.807) is 4.90 Å². The van der Waals surface area contributed by atoms with Gasteiger partial charge in [-0.3, -0.25) is 4.79 Å². The van der Waals surface area contributed by atoms with Crippen LogP contribution in [0, 0.1) is 5.82 Å². The molecule has 1 amide bonds. The molecule has 4 rings (SSSR count). The van der Waals surface area contributed by atoms with Crippen molar-refractivity contribution in [3.05, 3.63) is 65.2 Å². The maximum Gasteiger partial charge on any atom is 0.255 e. The topological polar surface area (TPSA) is 38.1 Å². The SMILES string of the molecule is O=C(c1cc(F)ccc1Cl)N1CC[C@H](n2cnc3ccccc32)C1. The van der Waals surface area contributed by atoms with Crippen LogP contribution in [0.1, 0.15) is 22.8 Å². The van der Waals surface area contributed by atoms with Crippen LogP contribution in [-0.2, 0) is 0 Å². The van der Waals surface area contributed by atoms with E-state index >= 15 is 0 Å². The zero-order valence-corrected chi connectivity index (χ0v) is 13.6. The van der Waals surface area contributed by atoms with Gasteiger partial charge in [0.25, 0.3) is 5.91 Å². The number of imidazole rings is 1.